The van der Waals surface area contributed by atoms with E-state index < -0.39 is 0 Å². The van der Waals surface area contributed by atoms with Crippen LogP contribution in [0.15, 0.2) is 17.5 Å². The minimum Gasteiger partial charge on any atom is -0.381 e. The van der Waals surface area contributed by atoms with Gasteiger partial charge in [0.2, 0.25) is 0 Å². The van der Waals surface area contributed by atoms with E-state index in [2.05, 4.69) is 44.0 Å². The van der Waals surface area contributed by atoms with Gasteiger partial charge in [-0.1, -0.05) is 19.9 Å². The van der Waals surface area contributed by atoms with Gasteiger partial charge in [0.05, 0.1) is 13.2 Å². The van der Waals surface area contributed by atoms with Gasteiger partial charge in [-0.2, -0.15) is 12.6 Å². The molecule has 1 unspecified atom stereocenters. The lowest BCUT2D eigenvalue weighted by molar-refractivity contribution is 0.0942. The first kappa shape index (κ1) is 13.1. The fraction of sp³-hybridized carbons (Fsp3) is 0.667. The van der Waals surface area contributed by atoms with Crippen molar-refractivity contribution in [1.82, 2.24) is 0 Å². The van der Waals surface area contributed by atoms with Crippen LogP contribution in [0.4, 0.5) is 0 Å². The molecule has 0 saturated carbocycles. The number of rotatable bonds is 7. The predicted molar refractivity (Wildman–Crippen MR) is 71.0 cm³/mol. The zero-order chi connectivity index (χ0) is 11.1. The van der Waals surface area contributed by atoms with Crippen molar-refractivity contribution in [3.05, 3.63) is 22.4 Å². The van der Waals surface area contributed by atoms with Crippen molar-refractivity contribution in [2.24, 2.45) is 11.8 Å². The first-order chi connectivity index (χ1) is 7.24. The van der Waals surface area contributed by atoms with Gasteiger partial charge >= 0.3 is 0 Å². The molecule has 0 radical (unpaired) electrons. The Morgan fingerprint density at radius 3 is 2.80 bits per heavy atom. The summed E-state index contributed by atoms with van der Waals surface area (Å²) in [4.78, 5) is 1.40. The van der Waals surface area contributed by atoms with Crippen LogP contribution in [0.1, 0.15) is 18.7 Å². The number of hydrogen-bond donors (Lipinski definition) is 1. The highest BCUT2D eigenvalue weighted by Gasteiger charge is 2.11. The van der Waals surface area contributed by atoms with E-state index in [9.17, 15) is 0 Å². The van der Waals surface area contributed by atoms with Crippen molar-refractivity contribution in [3.63, 3.8) is 0 Å². The third-order valence-corrected chi connectivity index (χ3v) is 3.99. The first-order valence-electron chi connectivity index (χ1n) is 5.45. The second-order valence-electron chi connectivity index (χ2n) is 4.09. The molecule has 15 heavy (non-hydrogen) atoms. The Morgan fingerprint density at radius 2 is 2.27 bits per heavy atom. The smallest absolute Gasteiger partial charge is 0.0514 e. The SMILES string of the molecule is CC(C)C(CS)COCCc1cccs1. The van der Waals surface area contributed by atoms with Crippen LogP contribution in [0, 0.1) is 11.8 Å². The zero-order valence-corrected chi connectivity index (χ0v) is 11.2. The topological polar surface area (TPSA) is 9.23 Å². The van der Waals surface area contributed by atoms with E-state index in [1.165, 1.54) is 4.88 Å². The van der Waals surface area contributed by atoms with Crippen molar-refractivity contribution in [1.29, 1.82) is 0 Å². The third-order valence-electron chi connectivity index (χ3n) is 2.58. The van der Waals surface area contributed by atoms with Crippen LogP contribution in [0.25, 0.3) is 0 Å². The highest BCUT2D eigenvalue weighted by Crippen LogP contribution is 2.13. The molecule has 86 valence electrons. The maximum atomic E-state index is 5.68. The maximum absolute atomic E-state index is 5.68. The van der Waals surface area contributed by atoms with Crippen LogP contribution >= 0.6 is 24.0 Å². The first-order valence-corrected chi connectivity index (χ1v) is 6.96. The number of thiol groups is 1. The highest BCUT2D eigenvalue weighted by atomic mass is 32.1. The molecule has 0 spiro atoms. The summed E-state index contributed by atoms with van der Waals surface area (Å²) in [5.74, 6) is 2.15. The second kappa shape index (κ2) is 7.31. The highest BCUT2D eigenvalue weighted by molar-refractivity contribution is 7.80. The van der Waals surface area contributed by atoms with Crippen LogP contribution in [-0.2, 0) is 11.2 Å². The molecule has 1 rings (SSSR count). The van der Waals surface area contributed by atoms with Crippen LogP contribution in [0.5, 0.6) is 0 Å². The van der Waals surface area contributed by atoms with Gasteiger partial charge in [0.15, 0.2) is 0 Å². The largest absolute Gasteiger partial charge is 0.381 e. The van der Waals surface area contributed by atoms with E-state index in [0.717, 1.165) is 25.4 Å². The Kier molecular flexibility index (Phi) is 6.37. The molecular weight excluding hydrogens is 224 g/mol. The second-order valence-corrected chi connectivity index (χ2v) is 5.49. The van der Waals surface area contributed by atoms with Crippen molar-refractivity contribution >= 4 is 24.0 Å². The Bertz CT molecular complexity index is 244. The summed E-state index contributed by atoms with van der Waals surface area (Å²) in [6.07, 6.45) is 1.04. The minimum atomic E-state index is 0.580. The van der Waals surface area contributed by atoms with Crippen LogP contribution in [-0.4, -0.2) is 19.0 Å². The van der Waals surface area contributed by atoms with E-state index in [0.29, 0.717) is 11.8 Å². The van der Waals surface area contributed by atoms with E-state index in [1.807, 2.05) is 0 Å². The van der Waals surface area contributed by atoms with E-state index in [1.54, 1.807) is 11.3 Å². The molecule has 1 aromatic rings. The summed E-state index contributed by atoms with van der Waals surface area (Å²) in [7, 11) is 0. The molecule has 0 fully saturated rings. The molecule has 1 nitrogen and oxygen atoms in total. The fourth-order valence-electron chi connectivity index (χ4n) is 1.32. The van der Waals surface area contributed by atoms with E-state index >= 15 is 0 Å². The van der Waals surface area contributed by atoms with Crippen molar-refractivity contribution in [2.75, 3.05) is 19.0 Å². The van der Waals surface area contributed by atoms with Crippen molar-refractivity contribution < 1.29 is 4.74 Å². The Hall–Kier alpha value is 0.01000. The minimum absolute atomic E-state index is 0.580. The average molecular weight is 244 g/mol. The number of ether oxygens (including phenoxy) is 1. The number of hydrogen-bond acceptors (Lipinski definition) is 3. The summed E-state index contributed by atoms with van der Waals surface area (Å²) < 4.78 is 5.68. The van der Waals surface area contributed by atoms with Crippen LogP contribution in [0.3, 0.4) is 0 Å². The normalized spacial score (nSPS) is 13.3. The lowest BCUT2D eigenvalue weighted by Crippen LogP contribution is -2.18. The standard InChI is InChI=1S/C12H20OS2/c1-10(2)11(9-14)8-13-6-5-12-4-3-7-15-12/h3-4,7,10-11,14H,5-6,8-9H2,1-2H3. The predicted octanol–water partition coefficient (Wildman–Crippen LogP) is 3.51. The monoisotopic (exact) mass is 244 g/mol. The molecule has 0 aromatic carbocycles. The summed E-state index contributed by atoms with van der Waals surface area (Å²) in [6, 6.07) is 4.25. The van der Waals surface area contributed by atoms with Gasteiger partial charge in [0.1, 0.15) is 0 Å². The molecule has 0 aliphatic heterocycles. The molecule has 3 heteroatoms. The molecule has 0 bridgehead atoms. The van der Waals surface area contributed by atoms with Gasteiger partial charge in [-0.25, -0.2) is 0 Å². The molecular formula is C12H20OS2. The number of thiophene rings is 1. The lowest BCUT2D eigenvalue weighted by atomic mass is 9.99. The molecule has 0 saturated heterocycles. The van der Waals surface area contributed by atoms with Crippen LogP contribution < -0.4 is 0 Å². The van der Waals surface area contributed by atoms with Crippen LogP contribution in [0.2, 0.25) is 0 Å². The van der Waals surface area contributed by atoms with Gasteiger partial charge < -0.3 is 4.74 Å². The Morgan fingerprint density at radius 1 is 1.47 bits per heavy atom. The summed E-state index contributed by atoms with van der Waals surface area (Å²) in [6.45, 7) is 6.12. The van der Waals surface area contributed by atoms with E-state index in [-0.39, 0.29) is 0 Å². The fourth-order valence-corrected chi connectivity index (χ4v) is 2.54. The Labute approximate surface area is 102 Å². The molecule has 0 aliphatic rings. The summed E-state index contributed by atoms with van der Waals surface area (Å²) >= 11 is 6.14. The van der Waals surface area contributed by atoms with Gasteiger partial charge in [0.25, 0.3) is 0 Å². The lowest BCUT2D eigenvalue weighted by Gasteiger charge is -2.18. The van der Waals surface area contributed by atoms with Gasteiger partial charge in [-0.3, -0.25) is 0 Å². The maximum Gasteiger partial charge on any atom is 0.0514 e. The molecule has 0 amide bonds. The van der Waals surface area contributed by atoms with Crippen molar-refractivity contribution in [3.8, 4) is 0 Å². The average Bonchev–Trinajstić information content (AvgIpc) is 2.70. The molecule has 1 heterocycles. The molecule has 0 N–H and O–H groups in total. The quantitative estimate of drug-likeness (QED) is 0.570. The summed E-state index contributed by atoms with van der Waals surface area (Å²) in [5.41, 5.74) is 0. The molecule has 1 atom stereocenters. The molecule has 0 aliphatic carbocycles. The van der Waals surface area contributed by atoms with Crippen molar-refractivity contribution in [2.45, 2.75) is 20.3 Å². The van der Waals surface area contributed by atoms with Gasteiger partial charge in [-0.15, -0.1) is 11.3 Å². The summed E-state index contributed by atoms with van der Waals surface area (Å²) in [5, 5.41) is 2.11. The third kappa shape index (κ3) is 5.05. The Balaban J connectivity index is 2.10. The zero-order valence-electron chi connectivity index (χ0n) is 9.48. The van der Waals surface area contributed by atoms with Gasteiger partial charge in [-0.05, 0) is 29.0 Å². The molecule has 1 aromatic heterocycles. The van der Waals surface area contributed by atoms with Gasteiger partial charge in [0, 0.05) is 11.3 Å². The van der Waals surface area contributed by atoms with E-state index in [4.69, 9.17) is 4.74 Å².